The Labute approximate surface area is 167 Å². The summed E-state index contributed by atoms with van der Waals surface area (Å²) < 4.78 is 6.84. The van der Waals surface area contributed by atoms with Crippen LogP contribution in [0.15, 0.2) is 65.5 Å². The molecule has 2 aromatic heterocycles. The average molecular weight is 385 g/mol. The van der Waals surface area contributed by atoms with E-state index in [0.29, 0.717) is 28.5 Å². The van der Waals surface area contributed by atoms with Crippen LogP contribution >= 0.6 is 0 Å². The van der Waals surface area contributed by atoms with E-state index in [9.17, 15) is 9.59 Å². The Balaban J connectivity index is 2.09. The summed E-state index contributed by atoms with van der Waals surface area (Å²) in [6.07, 6.45) is 0. The van der Waals surface area contributed by atoms with Crippen LogP contribution in [0.5, 0.6) is 5.75 Å². The third kappa shape index (κ3) is 3.40. The highest BCUT2D eigenvalue weighted by molar-refractivity contribution is 5.82. The number of fused-ring (bicyclic) bond motifs is 1. The van der Waals surface area contributed by atoms with Gasteiger partial charge in [0.2, 0.25) is 0 Å². The van der Waals surface area contributed by atoms with Crippen LogP contribution in [-0.4, -0.2) is 20.5 Å². The molecule has 29 heavy (non-hydrogen) atoms. The molecule has 0 radical (unpaired) electrons. The lowest BCUT2D eigenvalue weighted by molar-refractivity contribution is -0.131. The molecule has 4 rings (SSSR count). The molecule has 6 heteroatoms. The summed E-state index contributed by atoms with van der Waals surface area (Å²) in [6, 6.07) is 18.3. The van der Waals surface area contributed by atoms with E-state index in [1.807, 2.05) is 37.3 Å². The SMILES string of the molecule is CC(=O)Oc1ccccc1-n1c(=O)c(C)cc2c(C)nc(-c3ccccc3)nc21. The summed E-state index contributed by atoms with van der Waals surface area (Å²) in [7, 11) is 0. The molecular weight excluding hydrogens is 366 g/mol. The Bertz CT molecular complexity index is 1290. The van der Waals surface area contributed by atoms with Crippen molar-refractivity contribution in [2.24, 2.45) is 0 Å². The molecule has 0 aliphatic heterocycles. The molecule has 0 spiro atoms. The van der Waals surface area contributed by atoms with Gasteiger partial charge in [-0.1, -0.05) is 42.5 Å². The number of aromatic nitrogens is 3. The molecule has 0 aliphatic carbocycles. The van der Waals surface area contributed by atoms with Crippen LogP contribution in [0.25, 0.3) is 28.1 Å². The van der Waals surface area contributed by atoms with Crippen molar-refractivity contribution >= 4 is 17.0 Å². The molecule has 0 saturated heterocycles. The molecule has 0 amide bonds. The number of nitrogens with zero attached hydrogens (tertiary/aromatic N) is 3. The summed E-state index contributed by atoms with van der Waals surface area (Å²) in [5.74, 6) is 0.363. The molecule has 0 unspecified atom stereocenters. The second kappa shape index (κ2) is 7.31. The Morgan fingerprint density at radius 3 is 2.38 bits per heavy atom. The van der Waals surface area contributed by atoms with Gasteiger partial charge in [-0.3, -0.25) is 14.2 Å². The number of carbonyl (C=O) groups excluding carboxylic acids is 1. The monoisotopic (exact) mass is 385 g/mol. The van der Waals surface area contributed by atoms with Crippen molar-refractivity contribution in [1.29, 1.82) is 0 Å². The maximum atomic E-state index is 13.1. The number of pyridine rings is 1. The van der Waals surface area contributed by atoms with Crippen LogP contribution in [0.1, 0.15) is 18.2 Å². The van der Waals surface area contributed by atoms with Gasteiger partial charge < -0.3 is 4.74 Å². The van der Waals surface area contributed by atoms with Crippen LogP contribution in [0.2, 0.25) is 0 Å². The number of carbonyl (C=O) groups is 1. The van der Waals surface area contributed by atoms with Gasteiger partial charge >= 0.3 is 5.97 Å². The van der Waals surface area contributed by atoms with E-state index in [1.54, 1.807) is 37.3 Å². The Kier molecular flexibility index (Phi) is 4.68. The Morgan fingerprint density at radius 2 is 1.66 bits per heavy atom. The summed E-state index contributed by atoms with van der Waals surface area (Å²) >= 11 is 0. The van der Waals surface area contributed by atoms with Gasteiger partial charge in [-0.15, -0.1) is 0 Å². The molecule has 0 atom stereocenters. The van der Waals surface area contributed by atoms with Crippen LogP contribution in [0.3, 0.4) is 0 Å². The van der Waals surface area contributed by atoms with Crippen molar-refractivity contribution in [1.82, 2.24) is 14.5 Å². The van der Waals surface area contributed by atoms with E-state index < -0.39 is 5.97 Å². The summed E-state index contributed by atoms with van der Waals surface area (Å²) in [5.41, 5.74) is 2.86. The van der Waals surface area contributed by atoms with Crippen molar-refractivity contribution in [3.63, 3.8) is 0 Å². The van der Waals surface area contributed by atoms with E-state index in [2.05, 4.69) is 4.98 Å². The molecule has 2 aromatic carbocycles. The molecule has 0 fully saturated rings. The van der Waals surface area contributed by atoms with Gasteiger partial charge in [-0.2, -0.15) is 0 Å². The number of hydrogen-bond donors (Lipinski definition) is 0. The molecule has 0 bridgehead atoms. The fraction of sp³-hybridized carbons (Fsp3) is 0.130. The van der Waals surface area contributed by atoms with Gasteiger partial charge in [0.25, 0.3) is 5.56 Å². The van der Waals surface area contributed by atoms with Crippen molar-refractivity contribution in [3.8, 4) is 22.8 Å². The van der Waals surface area contributed by atoms with Crippen LogP contribution in [-0.2, 0) is 4.79 Å². The van der Waals surface area contributed by atoms with Gasteiger partial charge in [-0.25, -0.2) is 9.97 Å². The highest BCUT2D eigenvalue weighted by Gasteiger charge is 2.17. The summed E-state index contributed by atoms with van der Waals surface area (Å²) in [4.78, 5) is 34.1. The summed E-state index contributed by atoms with van der Waals surface area (Å²) in [6.45, 7) is 4.97. The minimum absolute atomic E-state index is 0.228. The first-order valence-electron chi connectivity index (χ1n) is 9.20. The number of aryl methyl sites for hydroxylation is 2. The first-order chi connectivity index (χ1) is 14.0. The third-order valence-electron chi connectivity index (χ3n) is 4.62. The second-order valence-electron chi connectivity index (χ2n) is 6.77. The lowest BCUT2D eigenvalue weighted by atomic mass is 10.1. The van der Waals surface area contributed by atoms with E-state index in [-0.39, 0.29) is 5.56 Å². The van der Waals surface area contributed by atoms with E-state index >= 15 is 0 Å². The minimum Gasteiger partial charge on any atom is -0.424 e. The largest absolute Gasteiger partial charge is 0.424 e. The first-order valence-corrected chi connectivity index (χ1v) is 9.20. The van der Waals surface area contributed by atoms with Crippen molar-refractivity contribution in [3.05, 3.63) is 82.3 Å². The molecule has 0 N–H and O–H groups in total. The maximum absolute atomic E-state index is 13.1. The summed E-state index contributed by atoms with van der Waals surface area (Å²) in [5, 5.41) is 0.763. The normalized spacial score (nSPS) is 10.9. The van der Waals surface area contributed by atoms with Crippen molar-refractivity contribution in [2.45, 2.75) is 20.8 Å². The molecule has 2 heterocycles. The quantitative estimate of drug-likeness (QED) is 0.394. The zero-order chi connectivity index (χ0) is 20.5. The van der Waals surface area contributed by atoms with Crippen LogP contribution in [0.4, 0.5) is 0 Å². The predicted octanol–water partition coefficient (Wildman–Crippen LogP) is 3.99. The van der Waals surface area contributed by atoms with Crippen molar-refractivity contribution < 1.29 is 9.53 Å². The lowest BCUT2D eigenvalue weighted by Gasteiger charge is -2.16. The number of esters is 1. The highest BCUT2D eigenvalue weighted by atomic mass is 16.5. The Morgan fingerprint density at radius 1 is 0.966 bits per heavy atom. The standard InChI is InChI=1S/C23H19N3O3/c1-14-13-18-15(2)24-21(17-9-5-4-6-10-17)25-22(18)26(23(14)28)19-11-7-8-12-20(19)29-16(3)27/h4-13H,1-3H3. The molecular formula is C23H19N3O3. The molecule has 6 nitrogen and oxygen atoms in total. The first kappa shape index (κ1) is 18.6. The number of rotatable bonds is 3. The molecule has 0 saturated carbocycles. The van der Waals surface area contributed by atoms with Gasteiger partial charge in [0.15, 0.2) is 17.2 Å². The van der Waals surface area contributed by atoms with Crippen LogP contribution < -0.4 is 10.3 Å². The fourth-order valence-corrected chi connectivity index (χ4v) is 3.28. The number of benzene rings is 2. The van der Waals surface area contributed by atoms with Gasteiger partial charge in [0, 0.05) is 23.4 Å². The average Bonchev–Trinajstić information content (AvgIpc) is 2.71. The minimum atomic E-state index is -0.460. The van der Waals surface area contributed by atoms with Gasteiger partial charge in [0.1, 0.15) is 0 Å². The van der Waals surface area contributed by atoms with Crippen LogP contribution in [0, 0.1) is 13.8 Å². The predicted molar refractivity (Wildman–Crippen MR) is 111 cm³/mol. The maximum Gasteiger partial charge on any atom is 0.308 e. The zero-order valence-corrected chi connectivity index (χ0v) is 16.3. The number of para-hydroxylation sites is 2. The number of ether oxygens (including phenoxy) is 1. The fourth-order valence-electron chi connectivity index (χ4n) is 3.28. The topological polar surface area (TPSA) is 74.1 Å². The van der Waals surface area contributed by atoms with E-state index in [1.165, 1.54) is 11.5 Å². The van der Waals surface area contributed by atoms with Gasteiger partial charge in [-0.05, 0) is 32.0 Å². The molecule has 144 valence electrons. The Hall–Kier alpha value is -3.80. The molecule has 4 aromatic rings. The lowest BCUT2D eigenvalue weighted by Crippen LogP contribution is -2.23. The van der Waals surface area contributed by atoms with E-state index in [0.717, 1.165) is 16.6 Å². The third-order valence-corrected chi connectivity index (χ3v) is 4.62. The van der Waals surface area contributed by atoms with Crippen molar-refractivity contribution in [2.75, 3.05) is 0 Å². The number of hydrogen-bond acceptors (Lipinski definition) is 5. The highest BCUT2D eigenvalue weighted by Crippen LogP contribution is 2.27. The zero-order valence-electron chi connectivity index (χ0n) is 16.3. The second-order valence-corrected chi connectivity index (χ2v) is 6.77. The van der Waals surface area contributed by atoms with E-state index in [4.69, 9.17) is 9.72 Å². The van der Waals surface area contributed by atoms with Gasteiger partial charge in [0.05, 0.1) is 11.4 Å². The smallest absolute Gasteiger partial charge is 0.308 e. The molecule has 0 aliphatic rings.